The minimum Gasteiger partial charge on any atom is -0.293 e. The van der Waals surface area contributed by atoms with E-state index in [9.17, 15) is 4.39 Å². The third-order valence-electron chi connectivity index (χ3n) is 4.27. The predicted octanol–water partition coefficient (Wildman–Crippen LogP) is 5.58. The number of benzene rings is 2. The smallest absolute Gasteiger partial charge is 0.123 e. The normalized spacial score (nSPS) is 9.93. The van der Waals surface area contributed by atoms with Crippen LogP contribution in [0.3, 0.4) is 0 Å². The van der Waals surface area contributed by atoms with E-state index in [1.807, 2.05) is 30.3 Å². The van der Waals surface area contributed by atoms with E-state index < -0.39 is 0 Å². The zero-order chi connectivity index (χ0) is 17.6. The molecule has 0 aliphatic rings. The first-order valence-corrected chi connectivity index (χ1v) is 8.56. The van der Waals surface area contributed by atoms with Crippen LogP contribution in [-0.4, -0.2) is 29.5 Å². The second kappa shape index (κ2) is 10.9. The second-order valence-corrected chi connectivity index (χ2v) is 5.90. The van der Waals surface area contributed by atoms with Gasteiger partial charge in [0.2, 0.25) is 0 Å². The van der Waals surface area contributed by atoms with Crippen molar-refractivity contribution >= 4 is 35.7 Å². The number of halogens is 3. The molecular formula is C22H23Cl2FN2. The standard InChI is InChI=1S/C22H21FN2.2ClH/c1-3-25(4-2)12-6-7-17-10-11-22-19(13-17)14-20(16-24-22)18-8-5-9-21(23)15-18;;/h5,8-11,13-16H,3-4,12H2,1-2H3;2*1H. The molecule has 0 unspecified atom stereocenters. The van der Waals surface area contributed by atoms with Gasteiger partial charge in [0.05, 0.1) is 12.1 Å². The summed E-state index contributed by atoms with van der Waals surface area (Å²) in [5, 5.41) is 1.01. The molecule has 1 aromatic heterocycles. The third kappa shape index (κ3) is 5.94. The van der Waals surface area contributed by atoms with Crippen LogP contribution >= 0.6 is 24.8 Å². The molecule has 0 radical (unpaired) electrons. The third-order valence-corrected chi connectivity index (χ3v) is 4.27. The van der Waals surface area contributed by atoms with Crippen LogP contribution in [0.2, 0.25) is 0 Å². The first-order valence-electron chi connectivity index (χ1n) is 8.56. The fourth-order valence-electron chi connectivity index (χ4n) is 2.74. The lowest BCUT2D eigenvalue weighted by Gasteiger charge is -2.13. The van der Waals surface area contributed by atoms with Crippen LogP contribution in [0.4, 0.5) is 4.39 Å². The van der Waals surface area contributed by atoms with Crippen LogP contribution in [0.25, 0.3) is 22.0 Å². The van der Waals surface area contributed by atoms with E-state index >= 15 is 0 Å². The first-order chi connectivity index (χ1) is 12.2. The molecule has 1 heterocycles. The Balaban J connectivity index is 0.00000182. The van der Waals surface area contributed by atoms with E-state index in [2.05, 4.69) is 35.6 Å². The van der Waals surface area contributed by atoms with Gasteiger partial charge in [-0.15, -0.1) is 24.8 Å². The number of pyridine rings is 1. The zero-order valence-corrected chi connectivity index (χ0v) is 17.0. The van der Waals surface area contributed by atoms with Gasteiger partial charge in [-0.2, -0.15) is 0 Å². The van der Waals surface area contributed by atoms with Crippen molar-refractivity contribution in [3.8, 4) is 23.0 Å². The SMILES string of the molecule is CCN(CC)CC#Cc1ccc2ncc(-c3cccc(F)c3)cc2c1.Cl.Cl. The Bertz CT molecular complexity index is 944. The fraction of sp³-hybridized carbons (Fsp3) is 0.227. The van der Waals surface area contributed by atoms with Crippen molar-refractivity contribution in [2.45, 2.75) is 13.8 Å². The lowest BCUT2D eigenvalue weighted by atomic mass is 10.0. The molecule has 0 aliphatic heterocycles. The minimum absolute atomic E-state index is 0. The van der Waals surface area contributed by atoms with Crippen molar-refractivity contribution in [1.82, 2.24) is 9.88 Å². The Labute approximate surface area is 172 Å². The summed E-state index contributed by atoms with van der Waals surface area (Å²) >= 11 is 0. The van der Waals surface area contributed by atoms with Crippen LogP contribution in [-0.2, 0) is 0 Å². The molecule has 0 fully saturated rings. The summed E-state index contributed by atoms with van der Waals surface area (Å²) < 4.78 is 13.5. The molecule has 3 aromatic rings. The van der Waals surface area contributed by atoms with E-state index in [0.29, 0.717) is 0 Å². The number of hydrogen-bond acceptors (Lipinski definition) is 2. The first kappa shape index (κ1) is 22.9. The Morgan fingerprint density at radius 2 is 1.74 bits per heavy atom. The van der Waals surface area contributed by atoms with Crippen LogP contribution < -0.4 is 0 Å². The predicted molar refractivity (Wildman–Crippen MR) is 116 cm³/mol. The van der Waals surface area contributed by atoms with Crippen molar-refractivity contribution in [2.24, 2.45) is 0 Å². The monoisotopic (exact) mass is 404 g/mol. The van der Waals surface area contributed by atoms with Gasteiger partial charge >= 0.3 is 0 Å². The van der Waals surface area contributed by atoms with Gasteiger partial charge in [-0.25, -0.2) is 4.39 Å². The molecule has 27 heavy (non-hydrogen) atoms. The van der Waals surface area contributed by atoms with Crippen LogP contribution in [0.15, 0.2) is 54.7 Å². The summed E-state index contributed by atoms with van der Waals surface area (Å²) in [6, 6.07) is 14.6. The topological polar surface area (TPSA) is 16.1 Å². The molecular weight excluding hydrogens is 382 g/mol. The number of hydrogen-bond donors (Lipinski definition) is 0. The Morgan fingerprint density at radius 3 is 2.44 bits per heavy atom. The van der Waals surface area contributed by atoms with E-state index in [-0.39, 0.29) is 30.6 Å². The maximum absolute atomic E-state index is 13.5. The van der Waals surface area contributed by atoms with Crippen molar-refractivity contribution in [2.75, 3.05) is 19.6 Å². The molecule has 0 atom stereocenters. The van der Waals surface area contributed by atoms with Gasteiger partial charge in [-0.3, -0.25) is 9.88 Å². The Morgan fingerprint density at radius 1 is 0.963 bits per heavy atom. The van der Waals surface area contributed by atoms with Crippen LogP contribution in [0.5, 0.6) is 0 Å². The molecule has 0 spiro atoms. The summed E-state index contributed by atoms with van der Waals surface area (Å²) in [6.45, 7) is 7.06. The summed E-state index contributed by atoms with van der Waals surface area (Å²) in [4.78, 5) is 6.76. The van der Waals surface area contributed by atoms with Crippen LogP contribution in [0.1, 0.15) is 19.4 Å². The lowest BCUT2D eigenvalue weighted by Crippen LogP contribution is -2.22. The highest BCUT2D eigenvalue weighted by Gasteiger charge is 2.03. The van der Waals surface area contributed by atoms with Crippen LogP contribution in [0, 0.1) is 17.7 Å². The number of rotatable bonds is 4. The Kier molecular flexibility index (Phi) is 9.25. The largest absolute Gasteiger partial charge is 0.293 e. The van der Waals surface area contributed by atoms with Gasteiger partial charge in [0.25, 0.3) is 0 Å². The van der Waals surface area contributed by atoms with Gasteiger partial charge in [0.1, 0.15) is 5.82 Å². The van der Waals surface area contributed by atoms with E-state index in [4.69, 9.17) is 0 Å². The summed E-state index contributed by atoms with van der Waals surface area (Å²) in [6.07, 6.45) is 1.78. The molecule has 0 N–H and O–H groups in total. The molecule has 0 aliphatic carbocycles. The summed E-state index contributed by atoms with van der Waals surface area (Å²) in [7, 11) is 0. The molecule has 2 nitrogen and oxygen atoms in total. The molecule has 0 saturated heterocycles. The van der Waals surface area contributed by atoms with E-state index in [1.165, 1.54) is 12.1 Å². The highest BCUT2D eigenvalue weighted by molar-refractivity contribution is 5.86. The van der Waals surface area contributed by atoms with Gasteiger partial charge in [-0.1, -0.05) is 37.8 Å². The Hall–Kier alpha value is -2.12. The quantitative estimate of drug-likeness (QED) is 0.527. The van der Waals surface area contributed by atoms with Gasteiger partial charge in [0.15, 0.2) is 0 Å². The number of nitrogens with zero attached hydrogens (tertiary/aromatic N) is 2. The van der Waals surface area contributed by atoms with Crippen molar-refractivity contribution in [3.05, 3.63) is 66.1 Å². The van der Waals surface area contributed by atoms with E-state index in [1.54, 1.807) is 12.3 Å². The number of fused-ring (bicyclic) bond motifs is 1. The highest BCUT2D eigenvalue weighted by Crippen LogP contribution is 2.23. The molecule has 0 saturated carbocycles. The van der Waals surface area contributed by atoms with Gasteiger partial charge in [0, 0.05) is 22.7 Å². The molecule has 5 heteroatoms. The lowest BCUT2D eigenvalue weighted by molar-refractivity contribution is 0.342. The maximum Gasteiger partial charge on any atom is 0.123 e. The van der Waals surface area contributed by atoms with Crippen molar-refractivity contribution < 1.29 is 4.39 Å². The summed E-state index contributed by atoms with van der Waals surface area (Å²) in [5.41, 5.74) is 3.61. The highest BCUT2D eigenvalue weighted by atomic mass is 35.5. The molecule has 0 bridgehead atoms. The molecule has 2 aromatic carbocycles. The average molecular weight is 405 g/mol. The zero-order valence-electron chi connectivity index (χ0n) is 15.4. The van der Waals surface area contributed by atoms with Gasteiger partial charge < -0.3 is 0 Å². The molecule has 142 valence electrons. The average Bonchev–Trinajstić information content (AvgIpc) is 2.64. The van der Waals surface area contributed by atoms with E-state index in [0.717, 1.165) is 47.2 Å². The fourth-order valence-corrected chi connectivity index (χ4v) is 2.74. The van der Waals surface area contributed by atoms with Gasteiger partial charge in [-0.05, 0) is 55.1 Å². The molecule has 3 rings (SSSR count). The number of aromatic nitrogens is 1. The maximum atomic E-state index is 13.5. The van der Waals surface area contributed by atoms with Crippen molar-refractivity contribution in [3.63, 3.8) is 0 Å². The molecule has 0 amide bonds. The van der Waals surface area contributed by atoms with Crippen molar-refractivity contribution in [1.29, 1.82) is 0 Å². The minimum atomic E-state index is -0.242. The second-order valence-electron chi connectivity index (χ2n) is 5.90. The summed E-state index contributed by atoms with van der Waals surface area (Å²) in [5.74, 6) is 6.21.